The van der Waals surface area contributed by atoms with E-state index in [1.807, 2.05) is 0 Å². The summed E-state index contributed by atoms with van der Waals surface area (Å²) in [6, 6.07) is 3.87. The third-order valence-electron chi connectivity index (χ3n) is 2.74. The molecule has 0 bridgehead atoms. The molecule has 0 aliphatic rings. The molecule has 10 heteroatoms. The zero-order valence-corrected chi connectivity index (χ0v) is 13.0. The van der Waals surface area contributed by atoms with E-state index in [-0.39, 0.29) is 0 Å². The number of thiazole rings is 1. The number of anilines is 1. The van der Waals surface area contributed by atoms with E-state index in [1.165, 1.54) is 31.5 Å². The minimum Gasteiger partial charge on any atom is -0.502 e. The number of aromatic nitrogens is 1. The Labute approximate surface area is 134 Å². The van der Waals surface area contributed by atoms with Gasteiger partial charge in [0.25, 0.3) is 0 Å². The van der Waals surface area contributed by atoms with Crippen molar-refractivity contribution in [3.63, 3.8) is 0 Å². The van der Waals surface area contributed by atoms with Crippen LogP contribution < -0.4 is 5.43 Å². The molecule has 0 aliphatic carbocycles. The number of hydrogen-bond donors (Lipinski definition) is 2. The Bertz CT molecular complexity index is 787. The predicted molar refractivity (Wildman–Crippen MR) is 84.2 cm³/mol. The number of ether oxygens (including phenoxy) is 1. The first-order chi connectivity index (χ1) is 10.9. The summed E-state index contributed by atoms with van der Waals surface area (Å²) in [5.41, 5.74) is 3.16. The van der Waals surface area contributed by atoms with Crippen molar-refractivity contribution < 1.29 is 19.6 Å². The lowest BCUT2D eigenvalue weighted by atomic mass is 10.2. The van der Waals surface area contributed by atoms with Crippen molar-refractivity contribution in [2.24, 2.45) is 5.10 Å². The molecule has 1 heterocycles. The number of aromatic hydroxyl groups is 1. The topological polar surface area (TPSA) is 127 Å². The van der Waals surface area contributed by atoms with E-state index in [0.717, 1.165) is 11.3 Å². The van der Waals surface area contributed by atoms with Crippen LogP contribution in [0.3, 0.4) is 0 Å². The fourth-order valence-electron chi connectivity index (χ4n) is 1.66. The fraction of sp³-hybridized carbons (Fsp3) is 0.154. The first-order valence-electron chi connectivity index (χ1n) is 6.24. The average Bonchev–Trinajstić information content (AvgIpc) is 2.88. The molecule has 0 aliphatic heterocycles. The van der Waals surface area contributed by atoms with Crippen molar-refractivity contribution in [3.05, 3.63) is 44.4 Å². The number of hydrogen-bond acceptors (Lipinski definition) is 9. The molecular weight excluding hydrogens is 324 g/mol. The van der Waals surface area contributed by atoms with Gasteiger partial charge in [0.1, 0.15) is 4.88 Å². The standard InChI is InChI=1S/C13H12N4O5S/c1-7-11(12(19)22-2)23-13(15-7)16-14-6-8-3-4-10(18)9(5-8)17(20)21/h3-6,18H,1-2H3,(H,15,16)/b14-6-. The maximum Gasteiger partial charge on any atom is 0.350 e. The first-order valence-corrected chi connectivity index (χ1v) is 7.06. The van der Waals surface area contributed by atoms with Gasteiger partial charge < -0.3 is 9.84 Å². The molecule has 0 atom stereocenters. The van der Waals surface area contributed by atoms with E-state index < -0.39 is 22.3 Å². The van der Waals surface area contributed by atoms with Crippen molar-refractivity contribution in [1.29, 1.82) is 0 Å². The number of carbonyl (C=O) groups is 1. The molecule has 0 spiro atoms. The number of phenols is 1. The maximum absolute atomic E-state index is 11.5. The van der Waals surface area contributed by atoms with Gasteiger partial charge in [-0.1, -0.05) is 11.3 Å². The fourth-order valence-corrected chi connectivity index (χ4v) is 2.49. The van der Waals surface area contributed by atoms with Gasteiger partial charge in [0.15, 0.2) is 5.75 Å². The molecule has 0 radical (unpaired) electrons. The van der Waals surface area contributed by atoms with Crippen LogP contribution in [-0.2, 0) is 4.74 Å². The highest BCUT2D eigenvalue weighted by Crippen LogP contribution is 2.26. The Kier molecular flexibility index (Phi) is 4.86. The van der Waals surface area contributed by atoms with Gasteiger partial charge in [-0.25, -0.2) is 9.78 Å². The summed E-state index contributed by atoms with van der Waals surface area (Å²) in [5.74, 6) is -0.899. The van der Waals surface area contributed by atoms with Crippen molar-refractivity contribution in [1.82, 2.24) is 4.98 Å². The smallest absolute Gasteiger partial charge is 0.350 e. The lowest BCUT2D eigenvalue weighted by Crippen LogP contribution is -1.99. The monoisotopic (exact) mass is 336 g/mol. The molecule has 1 aromatic heterocycles. The zero-order chi connectivity index (χ0) is 17.0. The van der Waals surface area contributed by atoms with Crippen LogP contribution in [0.1, 0.15) is 20.9 Å². The number of nitro benzene ring substituents is 1. The Hall–Kier alpha value is -3.01. The molecule has 0 unspecified atom stereocenters. The van der Waals surface area contributed by atoms with Crippen LogP contribution >= 0.6 is 11.3 Å². The molecule has 1 aromatic carbocycles. The van der Waals surface area contributed by atoms with Crippen molar-refractivity contribution in [2.75, 3.05) is 12.5 Å². The van der Waals surface area contributed by atoms with Gasteiger partial charge in [-0.2, -0.15) is 5.10 Å². The van der Waals surface area contributed by atoms with E-state index in [0.29, 0.717) is 21.3 Å². The number of nitrogens with one attached hydrogen (secondary N) is 1. The van der Waals surface area contributed by atoms with E-state index in [4.69, 9.17) is 0 Å². The van der Waals surface area contributed by atoms with Crippen LogP contribution in [0.5, 0.6) is 5.75 Å². The van der Waals surface area contributed by atoms with Gasteiger partial charge in [-0.15, -0.1) is 0 Å². The van der Waals surface area contributed by atoms with Crippen molar-refractivity contribution in [3.8, 4) is 5.75 Å². The number of aryl methyl sites for hydroxylation is 1. The molecule has 2 N–H and O–H groups in total. The number of esters is 1. The second-order valence-electron chi connectivity index (χ2n) is 4.30. The van der Waals surface area contributed by atoms with Crippen molar-refractivity contribution in [2.45, 2.75) is 6.92 Å². The first kappa shape index (κ1) is 16.4. The lowest BCUT2D eigenvalue weighted by molar-refractivity contribution is -0.385. The zero-order valence-electron chi connectivity index (χ0n) is 12.1. The molecule has 0 amide bonds. The highest BCUT2D eigenvalue weighted by Gasteiger charge is 2.15. The second-order valence-corrected chi connectivity index (χ2v) is 5.30. The van der Waals surface area contributed by atoms with E-state index in [9.17, 15) is 20.0 Å². The summed E-state index contributed by atoms with van der Waals surface area (Å²) < 4.78 is 4.63. The normalized spacial score (nSPS) is 10.7. The Balaban J connectivity index is 2.12. The number of benzene rings is 1. The van der Waals surface area contributed by atoms with Gasteiger partial charge in [0.05, 0.1) is 23.9 Å². The SMILES string of the molecule is COC(=O)c1sc(N/N=C\c2ccc(O)c([N+](=O)[O-])c2)nc1C. The third kappa shape index (κ3) is 3.80. The van der Waals surface area contributed by atoms with E-state index in [2.05, 4.69) is 20.2 Å². The molecule has 0 fully saturated rings. The van der Waals surface area contributed by atoms with Crippen LogP contribution in [0, 0.1) is 17.0 Å². The quantitative estimate of drug-likeness (QED) is 0.371. The van der Waals surface area contributed by atoms with Crippen LogP contribution in [0.4, 0.5) is 10.8 Å². The predicted octanol–water partition coefficient (Wildman–Crippen LogP) is 2.30. The molecule has 120 valence electrons. The number of rotatable bonds is 5. The molecule has 0 saturated heterocycles. The van der Waals surface area contributed by atoms with Gasteiger partial charge in [0, 0.05) is 11.6 Å². The molecular formula is C13H12N4O5S. The van der Waals surface area contributed by atoms with Crippen LogP contribution in [0.2, 0.25) is 0 Å². The molecule has 2 aromatic rings. The minimum absolute atomic E-state index is 0.366. The highest BCUT2D eigenvalue weighted by atomic mass is 32.1. The summed E-state index contributed by atoms with van der Waals surface area (Å²) in [5, 5.41) is 24.4. The Morgan fingerprint density at radius 3 is 2.96 bits per heavy atom. The largest absolute Gasteiger partial charge is 0.502 e. The Morgan fingerprint density at radius 1 is 1.57 bits per heavy atom. The number of carbonyl (C=O) groups excluding carboxylic acids is 1. The van der Waals surface area contributed by atoms with Gasteiger partial charge in [-0.05, 0) is 19.1 Å². The second kappa shape index (κ2) is 6.83. The third-order valence-corrected chi connectivity index (χ3v) is 3.78. The minimum atomic E-state index is -0.688. The van der Waals surface area contributed by atoms with Crippen LogP contribution in [0.25, 0.3) is 0 Å². The van der Waals surface area contributed by atoms with Crippen molar-refractivity contribution >= 4 is 34.3 Å². The van der Waals surface area contributed by atoms with Crippen LogP contribution in [0.15, 0.2) is 23.3 Å². The highest BCUT2D eigenvalue weighted by molar-refractivity contribution is 7.17. The number of nitrogens with zero attached hydrogens (tertiary/aromatic N) is 3. The summed E-state index contributed by atoms with van der Waals surface area (Å²) in [6.07, 6.45) is 1.33. The lowest BCUT2D eigenvalue weighted by Gasteiger charge is -1.97. The van der Waals surface area contributed by atoms with Gasteiger partial charge in [-0.3, -0.25) is 15.5 Å². The molecule has 23 heavy (non-hydrogen) atoms. The maximum atomic E-state index is 11.5. The summed E-state index contributed by atoms with van der Waals surface area (Å²) in [7, 11) is 1.28. The summed E-state index contributed by atoms with van der Waals surface area (Å²) >= 11 is 1.08. The number of methoxy groups -OCH3 is 1. The van der Waals surface area contributed by atoms with E-state index in [1.54, 1.807) is 6.92 Å². The summed E-state index contributed by atoms with van der Waals surface area (Å²) in [6.45, 7) is 1.67. The number of phenolic OH excluding ortho intramolecular Hbond substituents is 1. The van der Waals surface area contributed by atoms with E-state index >= 15 is 0 Å². The molecule has 9 nitrogen and oxygen atoms in total. The number of hydrazone groups is 1. The van der Waals surface area contributed by atoms with Crippen LogP contribution in [-0.4, -0.2) is 34.3 Å². The average molecular weight is 336 g/mol. The molecule has 0 saturated carbocycles. The van der Waals surface area contributed by atoms with Gasteiger partial charge >= 0.3 is 11.7 Å². The van der Waals surface area contributed by atoms with Gasteiger partial charge in [0.2, 0.25) is 5.13 Å². The number of nitro groups is 1. The summed E-state index contributed by atoms with van der Waals surface area (Å²) in [4.78, 5) is 26.0. The molecule has 2 rings (SSSR count). The Morgan fingerprint density at radius 2 is 2.30 bits per heavy atom.